The van der Waals surface area contributed by atoms with Crippen LogP contribution in [-0.4, -0.2) is 20.8 Å². The maximum atomic E-state index is 11.1. The van der Waals surface area contributed by atoms with Crippen molar-refractivity contribution in [2.24, 2.45) is 5.92 Å². The van der Waals surface area contributed by atoms with Crippen LogP contribution in [0.3, 0.4) is 0 Å². The van der Waals surface area contributed by atoms with Gasteiger partial charge in [0.05, 0.1) is 6.26 Å². The summed E-state index contributed by atoms with van der Waals surface area (Å²) in [6.45, 7) is 3.79. The van der Waals surface area contributed by atoms with E-state index in [4.69, 9.17) is 4.18 Å². The summed E-state index contributed by atoms with van der Waals surface area (Å²) < 4.78 is 27.2. The molecule has 0 heterocycles. The highest BCUT2D eigenvalue weighted by molar-refractivity contribution is 7.86. The molecule has 1 aromatic rings. The van der Waals surface area contributed by atoms with E-state index in [1.165, 1.54) is 5.56 Å². The lowest BCUT2D eigenvalue weighted by Crippen LogP contribution is -2.21. The van der Waals surface area contributed by atoms with E-state index in [1.807, 2.05) is 32.0 Å². The lowest BCUT2D eigenvalue weighted by Gasteiger charge is -2.13. The Labute approximate surface area is 122 Å². The quantitative estimate of drug-likeness (QED) is 0.460. The minimum Gasteiger partial charge on any atom is -0.254 e. The molecule has 0 unspecified atom stereocenters. The third-order valence-electron chi connectivity index (χ3n) is 2.74. The second-order valence-corrected chi connectivity index (χ2v) is 6.73. The summed E-state index contributed by atoms with van der Waals surface area (Å²) >= 11 is 0. The fraction of sp³-hybridized carbons (Fsp3) is 0.500. The highest BCUT2D eigenvalue weighted by atomic mass is 32.2. The molecular formula is C16H22O3S. The Balaban J connectivity index is 2.43. The molecule has 0 radical (unpaired) electrons. The van der Waals surface area contributed by atoms with Crippen LogP contribution in [0.25, 0.3) is 0 Å². The fourth-order valence-electron chi connectivity index (χ4n) is 1.69. The van der Waals surface area contributed by atoms with Crippen molar-refractivity contribution in [1.29, 1.82) is 0 Å². The van der Waals surface area contributed by atoms with Gasteiger partial charge < -0.3 is 0 Å². The van der Waals surface area contributed by atoms with Crippen molar-refractivity contribution in [1.82, 2.24) is 0 Å². The molecular weight excluding hydrogens is 272 g/mol. The average molecular weight is 294 g/mol. The maximum absolute atomic E-state index is 11.1. The van der Waals surface area contributed by atoms with Crippen molar-refractivity contribution in [3.8, 4) is 11.8 Å². The molecule has 0 aliphatic rings. The third kappa shape index (κ3) is 7.32. The van der Waals surface area contributed by atoms with E-state index in [0.29, 0.717) is 0 Å². The molecule has 0 aromatic heterocycles. The van der Waals surface area contributed by atoms with Crippen LogP contribution in [0.15, 0.2) is 30.3 Å². The van der Waals surface area contributed by atoms with Crippen LogP contribution >= 0.6 is 0 Å². The molecule has 1 aromatic carbocycles. The van der Waals surface area contributed by atoms with E-state index in [-0.39, 0.29) is 5.92 Å². The van der Waals surface area contributed by atoms with Crippen LogP contribution in [0.1, 0.15) is 32.3 Å². The lowest BCUT2D eigenvalue weighted by atomic mass is 10.1. The summed E-state index contributed by atoms with van der Waals surface area (Å²) in [5.74, 6) is 5.98. The molecule has 0 aliphatic heterocycles. The number of unbranched alkanes of at least 4 members (excludes halogenated alkanes) is 1. The normalized spacial score (nSPS) is 12.8. The number of hydrogen-bond acceptors (Lipinski definition) is 3. The Morgan fingerprint density at radius 1 is 1.20 bits per heavy atom. The van der Waals surface area contributed by atoms with E-state index in [2.05, 4.69) is 24.0 Å². The van der Waals surface area contributed by atoms with Crippen molar-refractivity contribution < 1.29 is 12.6 Å². The SMILES string of the molecule is CC(C)[C@H](C#CCCCc1ccccc1)OS(C)(=O)=O. The van der Waals surface area contributed by atoms with Crippen molar-refractivity contribution in [3.05, 3.63) is 35.9 Å². The van der Waals surface area contributed by atoms with Gasteiger partial charge in [0.2, 0.25) is 0 Å². The first-order valence-corrected chi connectivity index (χ1v) is 8.60. The van der Waals surface area contributed by atoms with E-state index < -0.39 is 16.2 Å². The molecule has 0 spiro atoms. The fourth-order valence-corrected chi connectivity index (χ4v) is 2.34. The highest BCUT2D eigenvalue weighted by Gasteiger charge is 2.16. The predicted octanol–water partition coefficient (Wildman–Crippen LogP) is 3.01. The van der Waals surface area contributed by atoms with Gasteiger partial charge in [0.1, 0.15) is 6.10 Å². The molecule has 0 fully saturated rings. The lowest BCUT2D eigenvalue weighted by molar-refractivity contribution is 0.215. The molecule has 0 N–H and O–H groups in total. The van der Waals surface area contributed by atoms with Gasteiger partial charge in [0.15, 0.2) is 0 Å². The molecule has 0 aliphatic carbocycles. The molecule has 0 bridgehead atoms. The van der Waals surface area contributed by atoms with Crippen LogP contribution in [0.5, 0.6) is 0 Å². The van der Waals surface area contributed by atoms with Gasteiger partial charge in [-0.3, -0.25) is 4.18 Å². The standard InChI is InChI=1S/C16H22O3S/c1-14(2)16(19-20(3,17)18)13-9-5-8-12-15-10-6-4-7-11-15/h4,6-7,10-11,14,16H,5,8,12H2,1-3H3/t16-/m0/s1. The summed E-state index contributed by atoms with van der Waals surface area (Å²) in [5, 5.41) is 0. The summed E-state index contributed by atoms with van der Waals surface area (Å²) in [6.07, 6.45) is 3.18. The predicted molar refractivity (Wildman–Crippen MR) is 81.7 cm³/mol. The molecule has 1 atom stereocenters. The maximum Gasteiger partial charge on any atom is 0.265 e. The van der Waals surface area contributed by atoms with Gasteiger partial charge in [0.25, 0.3) is 10.1 Å². The van der Waals surface area contributed by atoms with E-state index in [0.717, 1.165) is 25.5 Å². The number of benzene rings is 1. The number of rotatable bonds is 6. The first kappa shape index (κ1) is 16.7. The molecule has 0 saturated heterocycles. The second kappa shape index (κ2) is 8.08. The monoisotopic (exact) mass is 294 g/mol. The average Bonchev–Trinajstić information content (AvgIpc) is 2.36. The molecule has 3 nitrogen and oxygen atoms in total. The van der Waals surface area contributed by atoms with Gasteiger partial charge in [0, 0.05) is 6.42 Å². The molecule has 1 rings (SSSR count). The first-order chi connectivity index (χ1) is 9.38. The second-order valence-electron chi connectivity index (χ2n) is 5.13. The molecule has 0 amide bonds. The molecule has 20 heavy (non-hydrogen) atoms. The van der Waals surface area contributed by atoms with Gasteiger partial charge in [-0.2, -0.15) is 8.42 Å². The van der Waals surface area contributed by atoms with Gasteiger partial charge in [-0.1, -0.05) is 50.1 Å². The van der Waals surface area contributed by atoms with Crippen molar-refractivity contribution in [2.45, 2.75) is 39.2 Å². The van der Waals surface area contributed by atoms with Crippen LogP contribution in [0.4, 0.5) is 0 Å². The van der Waals surface area contributed by atoms with Crippen molar-refractivity contribution in [2.75, 3.05) is 6.26 Å². The first-order valence-electron chi connectivity index (χ1n) is 6.79. The topological polar surface area (TPSA) is 43.4 Å². The highest BCUT2D eigenvalue weighted by Crippen LogP contribution is 2.09. The molecule has 4 heteroatoms. The van der Waals surface area contributed by atoms with Crippen LogP contribution < -0.4 is 0 Å². The largest absolute Gasteiger partial charge is 0.265 e. The van der Waals surface area contributed by atoms with Gasteiger partial charge >= 0.3 is 0 Å². The minimum atomic E-state index is -3.46. The molecule has 0 saturated carbocycles. The Hall–Kier alpha value is -1.31. The zero-order valence-corrected chi connectivity index (χ0v) is 13.1. The van der Waals surface area contributed by atoms with Gasteiger partial charge in [-0.05, 0) is 24.3 Å². The zero-order valence-electron chi connectivity index (χ0n) is 12.3. The van der Waals surface area contributed by atoms with Gasteiger partial charge in [-0.25, -0.2) is 0 Å². The zero-order chi connectivity index (χ0) is 15.0. The van der Waals surface area contributed by atoms with Gasteiger partial charge in [-0.15, -0.1) is 5.92 Å². The smallest absolute Gasteiger partial charge is 0.254 e. The summed E-state index contributed by atoms with van der Waals surface area (Å²) in [7, 11) is -3.46. The Bertz CT molecular complexity index is 550. The summed E-state index contributed by atoms with van der Waals surface area (Å²) in [6, 6.07) is 10.2. The van der Waals surface area contributed by atoms with Crippen LogP contribution in [0, 0.1) is 17.8 Å². The third-order valence-corrected chi connectivity index (χ3v) is 3.30. The minimum absolute atomic E-state index is 0.0475. The van der Waals surface area contributed by atoms with E-state index in [9.17, 15) is 8.42 Å². The molecule has 110 valence electrons. The van der Waals surface area contributed by atoms with E-state index in [1.54, 1.807) is 0 Å². The van der Waals surface area contributed by atoms with Crippen molar-refractivity contribution >= 4 is 10.1 Å². The summed E-state index contributed by atoms with van der Waals surface area (Å²) in [5.41, 5.74) is 1.29. The van der Waals surface area contributed by atoms with Crippen LogP contribution in [-0.2, 0) is 20.7 Å². The Morgan fingerprint density at radius 2 is 1.85 bits per heavy atom. The Morgan fingerprint density at radius 3 is 2.40 bits per heavy atom. The Kier molecular flexibility index (Phi) is 6.77. The van der Waals surface area contributed by atoms with E-state index >= 15 is 0 Å². The van der Waals surface area contributed by atoms with Crippen LogP contribution in [0.2, 0.25) is 0 Å². The van der Waals surface area contributed by atoms with Crippen molar-refractivity contribution in [3.63, 3.8) is 0 Å². The summed E-state index contributed by atoms with van der Waals surface area (Å²) in [4.78, 5) is 0. The number of aryl methyl sites for hydroxylation is 1. The number of hydrogen-bond donors (Lipinski definition) is 0.